The Kier molecular flexibility index (Phi) is 5.22. The number of piperidine rings is 1. The van der Waals surface area contributed by atoms with Gasteiger partial charge in [-0.25, -0.2) is 0 Å². The summed E-state index contributed by atoms with van der Waals surface area (Å²) in [5, 5.41) is 5.58. The average molecular weight is 266 g/mol. The second kappa shape index (κ2) is 6.69. The van der Waals surface area contributed by atoms with E-state index in [0.29, 0.717) is 18.0 Å². The molecule has 1 aromatic heterocycles. The first-order valence-electron chi connectivity index (χ1n) is 7.17. The van der Waals surface area contributed by atoms with Crippen molar-refractivity contribution >= 4 is 11.3 Å². The molecule has 0 spiro atoms. The van der Waals surface area contributed by atoms with Crippen LogP contribution >= 0.6 is 11.3 Å². The number of nitrogens with zero attached hydrogens (tertiary/aromatic N) is 1. The molecule has 1 aromatic rings. The highest BCUT2D eigenvalue weighted by molar-refractivity contribution is 7.10. The van der Waals surface area contributed by atoms with E-state index in [1.165, 1.54) is 30.7 Å². The quantitative estimate of drug-likeness (QED) is 0.877. The van der Waals surface area contributed by atoms with Crippen molar-refractivity contribution in [1.29, 1.82) is 0 Å². The second-order valence-corrected chi connectivity index (χ2v) is 6.63. The normalized spacial score (nSPS) is 23.4. The van der Waals surface area contributed by atoms with Crippen LogP contribution in [-0.2, 0) is 0 Å². The van der Waals surface area contributed by atoms with E-state index in [0.717, 1.165) is 6.54 Å². The van der Waals surface area contributed by atoms with Crippen molar-refractivity contribution < 1.29 is 0 Å². The Hall–Kier alpha value is -0.380. The maximum absolute atomic E-state index is 3.37. The molecule has 18 heavy (non-hydrogen) atoms. The van der Waals surface area contributed by atoms with Crippen molar-refractivity contribution in [3.05, 3.63) is 22.4 Å². The van der Waals surface area contributed by atoms with Crippen LogP contribution in [0.15, 0.2) is 17.5 Å². The minimum Gasteiger partial charge on any atom is -0.318 e. The molecule has 2 nitrogen and oxygen atoms in total. The fourth-order valence-electron chi connectivity index (χ4n) is 3.18. The number of rotatable bonds is 5. The molecule has 2 rings (SSSR count). The Labute approximate surface area is 115 Å². The highest BCUT2D eigenvalue weighted by Crippen LogP contribution is 2.35. The molecule has 1 aliphatic rings. The minimum atomic E-state index is 0.601. The molecular weight excluding hydrogens is 240 g/mol. The Morgan fingerprint density at radius 3 is 2.89 bits per heavy atom. The molecule has 2 atom stereocenters. The highest BCUT2D eigenvalue weighted by Gasteiger charge is 2.31. The van der Waals surface area contributed by atoms with E-state index in [1.54, 1.807) is 0 Å². The lowest BCUT2D eigenvalue weighted by atomic mass is 9.93. The minimum absolute atomic E-state index is 0.601. The Morgan fingerprint density at radius 1 is 1.44 bits per heavy atom. The van der Waals surface area contributed by atoms with E-state index >= 15 is 0 Å². The fraction of sp³-hybridized carbons (Fsp3) is 0.733. The molecule has 102 valence electrons. The van der Waals surface area contributed by atoms with Gasteiger partial charge in [0.15, 0.2) is 0 Å². The molecule has 0 bridgehead atoms. The standard InChI is InChI=1S/C15H26N2S/c1-12(2)15(14-8-6-10-18-14)17-9-5-4-7-13(17)11-16-3/h6,8,10,12-13,15-16H,4-5,7,9,11H2,1-3H3. The zero-order valence-electron chi connectivity index (χ0n) is 11.9. The van der Waals surface area contributed by atoms with Crippen molar-refractivity contribution in [3.63, 3.8) is 0 Å². The summed E-state index contributed by atoms with van der Waals surface area (Å²) < 4.78 is 0. The lowest BCUT2D eigenvalue weighted by Crippen LogP contribution is -2.47. The maximum Gasteiger partial charge on any atom is 0.0467 e. The Balaban J connectivity index is 2.17. The number of likely N-dealkylation sites (tertiary alicyclic amines) is 1. The molecule has 3 heteroatoms. The molecule has 0 aromatic carbocycles. The topological polar surface area (TPSA) is 15.3 Å². The van der Waals surface area contributed by atoms with Crippen molar-refractivity contribution in [2.45, 2.75) is 45.2 Å². The number of hydrogen-bond donors (Lipinski definition) is 1. The van der Waals surface area contributed by atoms with Crippen LogP contribution < -0.4 is 5.32 Å². The van der Waals surface area contributed by atoms with Crippen LogP contribution in [-0.4, -0.2) is 31.1 Å². The van der Waals surface area contributed by atoms with E-state index in [4.69, 9.17) is 0 Å². The first-order valence-corrected chi connectivity index (χ1v) is 8.05. The zero-order chi connectivity index (χ0) is 13.0. The summed E-state index contributed by atoms with van der Waals surface area (Å²) >= 11 is 1.91. The number of hydrogen-bond acceptors (Lipinski definition) is 3. The second-order valence-electron chi connectivity index (χ2n) is 5.65. The van der Waals surface area contributed by atoms with Gasteiger partial charge in [0.05, 0.1) is 0 Å². The molecule has 0 amide bonds. The highest BCUT2D eigenvalue weighted by atomic mass is 32.1. The predicted octanol–water partition coefficient (Wildman–Crippen LogP) is 3.52. The van der Waals surface area contributed by atoms with Gasteiger partial charge in [0.1, 0.15) is 0 Å². The van der Waals surface area contributed by atoms with Crippen molar-refractivity contribution in [2.24, 2.45) is 5.92 Å². The maximum atomic E-state index is 3.37. The first-order chi connectivity index (χ1) is 8.74. The summed E-state index contributed by atoms with van der Waals surface area (Å²) in [4.78, 5) is 4.28. The SMILES string of the molecule is CNCC1CCCCN1C(c1cccs1)C(C)C. The zero-order valence-corrected chi connectivity index (χ0v) is 12.7. The van der Waals surface area contributed by atoms with E-state index in [1.807, 2.05) is 11.3 Å². The van der Waals surface area contributed by atoms with Crippen LogP contribution in [0, 0.1) is 5.92 Å². The van der Waals surface area contributed by atoms with Crippen LogP contribution in [0.4, 0.5) is 0 Å². The molecule has 0 aliphatic carbocycles. The summed E-state index contributed by atoms with van der Waals surface area (Å²) in [6.45, 7) is 7.09. The molecule has 2 unspecified atom stereocenters. The van der Waals surface area contributed by atoms with Gasteiger partial charge in [-0.15, -0.1) is 11.3 Å². The average Bonchev–Trinajstić information content (AvgIpc) is 2.85. The van der Waals surface area contributed by atoms with Crippen LogP contribution in [0.3, 0.4) is 0 Å². The molecular formula is C15H26N2S. The van der Waals surface area contributed by atoms with Crippen LogP contribution in [0.2, 0.25) is 0 Å². The monoisotopic (exact) mass is 266 g/mol. The summed E-state index contributed by atoms with van der Waals surface area (Å²) in [6.07, 6.45) is 4.09. The molecule has 1 fully saturated rings. The Bertz CT molecular complexity index is 332. The van der Waals surface area contributed by atoms with E-state index in [-0.39, 0.29) is 0 Å². The van der Waals surface area contributed by atoms with E-state index in [9.17, 15) is 0 Å². The summed E-state index contributed by atoms with van der Waals surface area (Å²) in [5.74, 6) is 0.682. The molecule has 0 saturated carbocycles. The Morgan fingerprint density at radius 2 is 2.28 bits per heavy atom. The van der Waals surface area contributed by atoms with Gasteiger partial charge in [-0.3, -0.25) is 4.90 Å². The lowest BCUT2D eigenvalue weighted by Gasteiger charge is -2.42. The molecule has 1 aliphatic heterocycles. The van der Waals surface area contributed by atoms with Gasteiger partial charge in [-0.1, -0.05) is 26.3 Å². The first kappa shape index (κ1) is 14.0. The molecule has 1 N–H and O–H groups in total. The number of thiophene rings is 1. The lowest BCUT2D eigenvalue weighted by molar-refractivity contribution is 0.0710. The van der Waals surface area contributed by atoms with Crippen LogP contribution in [0.5, 0.6) is 0 Å². The van der Waals surface area contributed by atoms with Gasteiger partial charge in [-0.05, 0) is 43.8 Å². The smallest absolute Gasteiger partial charge is 0.0467 e. The predicted molar refractivity (Wildman–Crippen MR) is 80.2 cm³/mol. The third-order valence-corrected chi connectivity index (χ3v) is 4.88. The van der Waals surface area contributed by atoms with Crippen molar-refractivity contribution in [1.82, 2.24) is 10.2 Å². The molecule has 1 saturated heterocycles. The molecule has 2 heterocycles. The van der Waals surface area contributed by atoms with Gasteiger partial charge >= 0.3 is 0 Å². The summed E-state index contributed by atoms with van der Waals surface area (Å²) in [5.41, 5.74) is 0. The summed E-state index contributed by atoms with van der Waals surface area (Å²) in [6, 6.07) is 5.80. The number of likely N-dealkylation sites (N-methyl/N-ethyl adjacent to an activating group) is 1. The largest absolute Gasteiger partial charge is 0.318 e. The van der Waals surface area contributed by atoms with Gasteiger partial charge in [0.25, 0.3) is 0 Å². The van der Waals surface area contributed by atoms with E-state index in [2.05, 4.69) is 48.6 Å². The van der Waals surface area contributed by atoms with Crippen molar-refractivity contribution in [3.8, 4) is 0 Å². The fourth-order valence-corrected chi connectivity index (χ4v) is 4.20. The summed E-state index contributed by atoms with van der Waals surface area (Å²) in [7, 11) is 2.07. The van der Waals surface area contributed by atoms with Gasteiger partial charge in [-0.2, -0.15) is 0 Å². The van der Waals surface area contributed by atoms with Gasteiger partial charge in [0.2, 0.25) is 0 Å². The van der Waals surface area contributed by atoms with Crippen molar-refractivity contribution in [2.75, 3.05) is 20.1 Å². The van der Waals surface area contributed by atoms with Gasteiger partial charge < -0.3 is 5.32 Å². The van der Waals surface area contributed by atoms with E-state index < -0.39 is 0 Å². The third-order valence-electron chi connectivity index (χ3n) is 3.94. The third kappa shape index (κ3) is 3.14. The van der Waals surface area contributed by atoms with Gasteiger partial charge in [0, 0.05) is 23.5 Å². The number of nitrogens with one attached hydrogen (secondary N) is 1. The molecule has 0 radical (unpaired) electrons. The van der Waals surface area contributed by atoms with Crippen LogP contribution in [0.25, 0.3) is 0 Å². The van der Waals surface area contributed by atoms with Crippen LogP contribution in [0.1, 0.15) is 44.0 Å².